The summed E-state index contributed by atoms with van der Waals surface area (Å²) in [6.45, 7) is 1.90. The summed E-state index contributed by atoms with van der Waals surface area (Å²) >= 11 is 0. The Labute approximate surface area is 104 Å². The maximum Gasteiger partial charge on any atom is 0.250 e. The maximum atomic E-state index is 12.9. The molecule has 1 atom stereocenters. The van der Waals surface area contributed by atoms with Crippen molar-refractivity contribution < 1.29 is 9.18 Å². The fraction of sp³-hybridized carbons (Fsp3) is 0.143. The van der Waals surface area contributed by atoms with E-state index in [9.17, 15) is 9.18 Å². The molecular weight excluding hydrogens is 231 g/mol. The topological polar surface area (TPSA) is 56.0 Å². The molecule has 1 amide bonds. The van der Waals surface area contributed by atoms with Crippen LogP contribution in [0.1, 0.15) is 34.5 Å². The minimum Gasteiger partial charge on any atom is -0.366 e. The first-order chi connectivity index (χ1) is 8.59. The lowest BCUT2D eigenvalue weighted by Gasteiger charge is -2.14. The molecule has 0 fully saturated rings. The second-order valence-corrected chi connectivity index (χ2v) is 4.07. The summed E-state index contributed by atoms with van der Waals surface area (Å²) in [5.41, 5.74) is 7.21. The Hall–Kier alpha value is -2.23. The Bertz CT molecular complexity index is 566. The summed E-state index contributed by atoms with van der Waals surface area (Å²) in [6, 6.07) is 9.45. The molecule has 0 bridgehead atoms. The van der Waals surface area contributed by atoms with Crippen molar-refractivity contribution in [2.75, 3.05) is 0 Å². The number of pyridine rings is 1. The molecule has 92 valence electrons. The number of amides is 1. The van der Waals surface area contributed by atoms with Crippen LogP contribution < -0.4 is 5.73 Å². The number of hydrogen-bond donors (Lipinski definition) is 1. The molecular formula is C14H13FN2O. The Morgan fingerprint density at radius 3 is 2.56 bits per heavy atom. The molecule has 0 saturated carbocycles. The molecule has 0 aliphatic carbocycles. The average molecular weight is 244 g/mol. The maximum absolute atomic E-state index is 12.9. The summed E-state index contributed by atoms with van der Waals surface area (Å²) < 4.78 is 12.9. The number of primary amides is 1. The second kappa shape index (κ2) is 4.96. The molecule has 1 aromatic heterocycles. The Kier molecular flexibility index (Phi) is 3.37. The van der Waals surface area contributed by atoms with Gasteiger partial charge in [-0.05, 0) is 29.8 Å². The van der Waals surface area contributed by atoms with Crippen LogP contribution in [0.2, 0.25) is 0 Å². The number of nitrogens with zero attached hydrogens (tertiary/aromatic N) is 1. The number of aromatic nitrogens is 1. The van der Waals surface area contributed by atoms with Crippen molar-refractivity contribution in [2.45, 2.75) is 12.8 Å². The van der Waals surface area contributed by atoms with Crippen molar-refractivity contribution in [1.82, 2.24) is 4.98 Å². The van der Waals surface area contributed by atoms with Crippen LogP contribution in [-0.4, -0.2) is 10.9 Å². The van der Waals surface area contributed by atoms with Gasteiger partial charge in [0.15, 0.2) is 0 Å². The van der Waals surface area contributed by atoms with Gasteiger partial charge in [-0.15, -0.1) is 0 Å². The molecule has 18 heavy (non-hydrogen) atoms. The van der Waals surface area contributed by atoms with E-state index in [0.717, 1.165) is 5.56 Å². The number of nitrogens with two attached hydrogens (primary N) is 1. The third kappa shape index (κ3) is 2.37. The lowest BCUT2D eigenvalue weighted by Crippen LogP contribution is -2.16. The van der Waals surface area contributed by atoms with Crippen molar-refractivity contribution in [3.05, 3.63) is 65.2 Å². The predicted molar refractivity (Wildman–Crippen MR) is 66.7 cm³/mol. The Morgan fingerprint density at radius 1 is 1.28 bits per heavy atom. The zero-order valence-corrected chi connectivity index (χ0v) is 9.93. The van der Waals surface area contributed by atoms with E-state index in [0.29, 0.717) is 11.3 Å². The monoisotopic (exact) mass is 244 g/mol. The SMILES string of the molecule is C[C@@H](c1ccc(F)cc1)c1ncccc1C(N)=O. The lowest BCUT2D eigenvalue weighted by atomic mass is 9.94. The number of carbonyl (C=O) groups is 1. The molecule has 0 aliphatic heterocycles. The zero-order chi connectivity index (χ0) is 13.1. The number of rotatable bonds is 3. The molecule has 0 aliphatic rings. The Balaban J connectivity index is 2.42. The number of hydrogen-bond acceptors (Lipinski definition) is 2. The van der Waals surface area contributed by atoms with E-state index < -0.39 is 5.91 Å². The van der Waals surface area contributed by atoms with Crippen molar-refractivity contribution in [2.24, 2.45) is 5.73 Å². The van der Waals surface area contributed by atoms with E-state index in [1.165, 1.54) is 12.1 Å². The fourth-order valence-electron chi connectivity index (χ4n) is 1.88. The first-order valence-corrected chi connectivity index (χ1v) is 5.59. The van der Waals surface area contributed by atoms with Gasteiger partial charge < -0.3 is 5.73 Å². The van der Waals surface area contributed by atoms with E-state index in [-0.39, 0.29) is 11.7 Å². The van der Waals surface area contributed by atoms with Crippen LogP contribution in [0.4, 0.5) is 4.39 Å². The van der Waals surface area contributed by atoms with E-state index in [4.69, 9.17) is 5.73 Å². The standard InChI is InChI=1S/C14H13FN2O/c1-9(10-4-6-11(15)7-5-10)13-12(14(16)18)3-2-8-17-13/h2-9H,1H3,(H2,16,18)/t9-/m0/s1. The number of benzene rings is 1. The van der Waals surface area contributed by atoms with Crippen LogP contribution in [0.25, 0.3) is 0 Å². The first kappa shape index (κ1) is 12.2. The van der Waals surface area contributed by atoms with Crippen LogP contribution in [0.15, 0.2) is 42.6 Å². The zero-order valence-electron chi connectivity index (χ0n) is 9.93. The molecule has 2 rings (SSSR count). The van der Waals surface area contributed by atoms with Crippen LogP contribution >= 0.6 is 0 Å². The van der Waals surface area contributed by atoms with Gasteiger partial charge in [0, 0.05) is 12.1 Å². The van der Waals surface area contributed by atoms with E-state index >= 15 is 0 Å². The van der Waals surface area contributed by atoms with Crippen LogP contribution in [0.5, 0.6) is 0 Å². The van der Waals surface area contributed by atoms with E-state index in [1.54, 1.807) is 30.5 Å². The van der Waals surface area contributed by atoms with Gasteiger partial charge in [0.25, 0.3) is 5.91 Å². The van der Waals surface area contributed by atoms with Crippen LogP contribution in [0, 0.1) is 5.82 Å². The quantitative estimate of drug-likeness (QED) is 0.901. The van der Waals surface area contributed by atoms with Gasteiger partial charge in [0.1, 0.15) is 5.82 Å². The van der Waals surface area contributed by atoms with E-state index in [2.05, 4.69) is 4.98 Å². The van der Waals surface area contributed by atoms with Gasteiger partial charge in [-0.25, -0.2) is 4.39 Å². The third-order valence-corrected chi connectivity index (χ3v) is 2.88. The van der Waals surface area contributed by atoms with Gasteiger partial charge in [0.2, 0.25) is 0 Å². The summed E-state index contributed by atoms with van der Waals surface area (Å²) in [4.78, 5) is 15.5. The lowest BCUT2D eigenvalue weighted by molar-refractivity contribution is 0.0998. The first-order valence-electron chi connectivity index (χ1n) is 5.59. The highest BCUT2D eigenvalue weighted by Gasteiger charge is 2.16. The highest BCUT2D eigenvalue weighted by molar-refractivity contribution is 5.94. The minimum atomic E-state index is -0.507. The molecule has 0 spiro atoms. The molecule has 0 unspecified atom stereocenters. The van der Waals surface area contributed by atoms with Gasteiger partial charge in [0.05, 0.1) is 11.3 Å². The van der Waals surface area contributed by atoms with Gasteiger partial charge in [-0.2, -0.15) is 0 Å². The third-order valence-electron chi connectivity index (χ3n) is 2.88. The van der Waals surface area contributed by atoms with Gasteiger partial charge in [-0.1, -0.05) is 19.1 Å². The molecule has 0 saturated heterocycles. The smallest absolute Gasteiger partial charge is 0.250 e. The number of carbonyl (C=O) groups excluding carboxylic acids is 1. The summed E-state index contributed by atoms with van der Waals surface area (Å²) in [7, 11) is 0. The van der Waals surface area contributed by atoms with Crippen molar-refractivity contribution >= 4 is 5.91 Å². The molecule has 0 radical (unpaired) electrons. The van der Waals surface area contributed by atoms with Crippen molar-refractivity contribution in [3.63, 3.8) is 0 Å². The summed E-state index contributed by atoms with van der Waals surface area (Å²) in [5.74, 6) is -0.913. The summed E-state index contributed by atoms with van der Waals surface area (Å²) in [6.07, 6.45) is 1.61. The number of halogens is 1. The molecule has 4 heteroatoms. The normalized spacial score (nSPS) is 12.1. The average Bonchev–Trinajstić information content (AvgIpc) is 2.39. The van der Waals surface area contributed by atoms with E-state index in [1.807, 2.05) is 6.92 Å². The second-order valence-electron chi connectivity index (χ2n) is 4.07. The largest absolute Gasteiger partial charge is 0.366 e. The summed E-state index contributed by atoms with van der Waals surface area (Å²) in [5, 5.41) is 0. The highest BCUT2D eigenvalue weighted by Crippen LogP contribution is 2.25. The predicted octanol–water partition coefficient (Wildman–Crippen LogP) is 2.47. The van der Waals surface area contributed by atoms with Gasteiger partial charge in [-0.3, -0.25) is 9.78 Å². The van der Waals surface area contributed by atoms with Crippen molar-refractivity contribution in [3.8, 4) is 0 Å². The Morgan fingerprint density at radius 2 is 1.94 bits per heavy atom. The molecule has 1 heterocycles. The highest BCUT2D eigenvalue weighted by atomic mass is 19.1. The molecule has 2 aromatic rings. The minimum absolute atomic E-state index is 0.116. The van der Waals surface area contributed by atoms with Crippen molar-refractivity contribution in [1.29, 1.82) is 0 Å². The molecule has 2 N–H and O–H groups in total. The van der Waals surface area contributed by atoms with Crippen LogP contribution in [0.3, 0.4) is 0 Å². The van der Waals surface area contributed by atoms with Crippen LogP contribution in [-0.2, 0) is 0 Å². The molecule has 3 nitrogen and oxygen atoms in total. The van der Waals surface area contributed by atoms with Gasteiger partial charge >= 0.3 is 0 Å². The molecule has 1 aromatic carbocycles. The fourth-order valence-corrected chi connectivity index (χ4v) is 1.88.